The van der Waals surface area contributed by atoms with Crippen LogP contribution in [0, 0.1) is 0 Å². The van der Waals surface area contributed by atoms with E-state index in [4.69, 9.17) is 44.3 Å². The van der Waals surface area contributed by atoms with Crippen LogP contribution in [0.2, 0.25) is 15.2 Å². The van der Waals surface area contributed by atoms with Crippen LogP contribution in [0.3, 0.4) is 0 Å². The van der Waals surface area contributed by atoms with Crippen LogP contribution in [-0.4, -0.2) is 22.7 Å². The molecule has 0 aliphatic heterocycles. The second-order valence-corrected chi connectivity index (χ2v) is 7.92. The number of hydrogen-bond donors (Lipinski definition) is 1. The van der Waals surface area contributed by atoms with Crippen LogP contribution in [0.5, 0.6) is 11.5 Å². The first-order valence-corrected chi connectivity index (χ1v) is 10.6. The number of aromatic amines is 1. The number of halogens is 3. The van der Waals surface area contributed by atoms with Crippen LogP contribution in [0.1, 0.15) is 68.1 Å². The number of nitrogens with one attached hydrogen (secondary N) is 1. The van der Waals surface area contributed by atoms with Crippen LogP contribution in [0.25, 0.3) is 0 Å². The molecule has 162 valence electrons. The molecule has 30 heavy (non-hydrogen) atoms. The van der Waals surface area contributed by atoms with Crippen molar-refractivity contribution in [1.29, 1.82) is 0 Å². The first-order chi connectivity index (χ1) is 14.1. The van der Waals surface area contributed by atoms with Crippen LogP contribution >= 0.6 is 34.8 Å². The Kier molecular flexibility index (Phi) is 8.77. The number of ketones is 1. The Hall–Kier alpha value is -2.02. The predicted molar refractivity (Wildman–Crippen MR) is 116 cm³/mol. The predicted octanol–water partition coefficient (Wildman–Crippen LogP) is 6.18. The molecular formula is C21H22Cl3NO5. The van der Waals surface area contributed by atoms with Crippen molar-refractivity contribution in [2.75, 3.05) is 0 Å². The molecule has 1 aromatic heterocycles. The van der Waals surface area contributed by atoms with Gasteiger partial charge in [0, 0.05) is 13.8 Å². The van der Waals surface area contributed by atoms with Gasteiger partial charge in [0.2, 0.25) is 5.78 Å². The Balaban J connectivity index is 2.67. The number of rotatable bonds is 9. The highest BCUT2D eigenvalue weighted by Crippen LogP contribution is 2.41. The molecule has 0 saturated heterocycles. The molecule has 0 bridgehead atoms. The molecule has 6 nitrogen and oxygen atoms in total. The van der Waals surface area contributed by atoms with Gasteiger partial charge >= 0.3 is 11.9 Å². The van der Waals surface area contributed by atoms with Crippen LogP contribution < -0.4 is 9.47 Å². The maximum Gasteiger partial charge on any atom is 0.308 e. The standard InChI is InChI=1S/C21H22Cl3NO5/c1-4-5-6-7-8-13-9-14(22)20(30-12(3)27)17(19(13)29-11(2)26)18(28)16-10-15(23)21(24)25-16/h9-10,25H,4-8H2,1-3H3. The first-order valence-electron chi connectivity index (χ1n) is 9.46. The van der Waals surface area contributed by atoms with Gasteiger partial charge in [-0.2, -0.15) is 0 Å². The van der Waals surface area contributed by atoms with Crippen molar-refractivity contribution in [3.63, 3.8) is 0 Å². The highest BCUT2D eigenvalue weighted by atomic mass is 35.5. The lowest BCUT2D eigenvalue weighted by atomic mass is 9.98. The quantitative estimate of drug-likeness (QED) is 0.203. The van der Waals surface area contributed by atoms with Gasteiger partial charge in [-0.25, -0.2) is 0 Å². The summed E-state index contributed by atoms with van der Waals surface area (Å²) in [6.07, 6.45) is 4.40. The molecule has 0 saturated carbocycles. The van der Waals surface area contributed by atoms with E-state index in [1.54, 1.807) is 6.07 Å². The van der Waals surface area contributed by atoms with E-state index in [0.717, 1.165) is 25.7 Å². The number of H-pyrrole nitrogens is 1. The fourth-order valence-corrected chi connectivity index (χ4v) is 3.54. The van der Waals surface area contributed by atoms with Crippen molar-refractivity contribution < 1.29 is 23.9 Å². The number of aromatic nitrogens is 1. The molecule has 2 aromatic rings. The van der Waals surface area contributed by atoms with Crippen molar-refractivity contribution >= 4 is 52.5 Å². The summed E-state index contributed by atoms with van der Waals surface area (Å²) >= 11 is 18.3. The summed E-state index contributed by atoms with van der Waals surface area (Å²) in [7, 11) is 0. The summed E-state index contributed by atoms with van der Waals surface area (Å²) in [5.74, 6) is -2.12. The van der Waals surface area contributed by atoms with E-state index in [0.29, 0.717) is 12.0 Å². The molecule has 1 N–H and O–H groups in total. The average Bonchev–Trinajstić information content (AvgIpc) is 3.00. The summed E-state index contributed by atoms with van der Waals surface area (Å²) in [6.45, 7) is 4.49. The Morgan fingerprint density at radius 2 is 1.53 bits per heavy atom. The molecule has 0 atom stereocenters. The number of unbranched alkanes of at least 4 members (excludes halogenated alkanes) is 3. The molecule has 0 aliphatic carbocycles. The summed E-state index contributed by atoms with van der Waals surface area (Å²) in [5.41, 5.74) is 0.452. The number of aryl methyl sites for hydroxylation is 1. The Bertz CT molecular complexity index is 949. The molecule has 0 amide bonds. The van der Waals surface area contributed by atoms with Gasteiger partial charge in [-0.3, -0.25) is 14.4 Å². The molecule has 0 fully saturated rings. The smallest absolute Gasteiger partial charge is 0.308 e. The zero-order valence-electron chi connectivity index (χ0n) is 16.9. The minimum absolute atomic E-state index is 0.00601. The van der Waals surface area contributed by atoms with Gasteiger partial charge in [-0.15, -0.1) is 0 Å². The lowest BCUT2D eigenvalue weighted by molar-refractivity contribution is -0.132. The van der Waals surface area contributed by atoms with Crippen molar-refractivity contribution in [2.45, 2.75) is 52.9 Å². The zero-order chi connectivity index (χ0) is 22.4. The number of hydrogen-bond acceptors (Lipinski definition) is 5. The molecule has 0 radical (unpaired) electrons. The lowest BCUT2D eigenvalue weighted by Gasteiger charge is -2.18. The zero-order valence-corrected chi connectivity index (χ0v) is 19.1. The van der Waals surface area contributed by atoms with E-state index < -0.39 is 17.7 Å². The summed E-state index contributed by atoms with van der Waals surface area (Å²) in [4.78, 5) is 39.4. The van der Waals surface area contributed by atoms with Crippen molar-refractivity contribution in [2.24, 2.45) is 0 Å². The second-order valence-electron chi connectivity index (χ2n) is 6.72. The van der Waals surface area contributed by atoms with E-state index in [9.17, 15) is 14.4 Å². The summed E-state index contributed by atoms with van der Waals surface area (Å²) < 4.78 is 10.6. The second kappa shape index (κ2) is 10.8. The van der Waals surface area contributed by atoms with Gasteiger partial charge in [0.25, 0.3) is 0 Å². The number of ether oxygens (including phenoxy) is 2. The van der Waals surface area contributed by atoms with Gasteiger partial charge in [0.1, 0.15) is 16.5 Å². The van der Waals surface area contributed by atoms with Crippen LogP contribution in [-0.2, 0) is 16.0 Å². The molecular weight excluding hydrogens is 453 g/mol. The van der Waals surface area contributed by atoms with E-state index in [1.165, 1.54) is 19.9 Å². The topological polar surface area (TPSA) is 85.5 Å². The fraction of sp³-hybridized carbons (Fsp3) is 0.381. The number of carbonyl (C=O) groups is 3. The number of benzene rings is 1. The van der Waals surface area contributed by atoms with Crippen molar-refractivity contribution in [3.05, 3.63) is 44.2 Å². The van der Waals surface area contributed by atoms with Crippen LogP contribution in [0.15, 0.2) is 12.1 Å². The largest absolute Gasteiger partial charge is 0.425 e. The Morgan fingerprint density at radius 1 is 0.900 bits per heavy atom. The van der Waals surface area contributed by atoms with Gasteiger partial charge in [0.15, 0.2) is 5.75 Å². The van der Waals surface area contributed by atoms with Gasteiger partial charge in [-0.05, 0) is 30.5 Å². The van der Waals surface area contributed by atoms with E-state index in [1.807, 2.05) is 0 Å². The monoisotopic (exact) mass is 473 g/mol. The Labute approximate surface area is 189 Å². The molecule has 0 spiro atoms. The van der Waals surface area contributed by atoms with Crippen molar-refractivity contribution in [1.82, 2.24) is 4.98 Å². The molecule has 1 heterocycles. The van der Waals surface area contributed by atoms with E-state index in [-0.39, 0.29) is 38.0 Å². The van der Waals surface area contributed by atoms with Crippen molar-refractivity contribution in [3.8, 4) is 11.5 Å². The normalized spacial score (nSPS) is 10.7. The molecule has 0 aliphatic rings. The van der Waals surface area contributed by atoms with Gasteiger partial charge < -0.3 is 14.5 Å². The average molecular weight is 475 g/mol. The Morgan fingerprint density at radius 3 is 2.07 bits per heavy atom. The molecule has 9 heteroatoms. The molecule has 2 rings (SSSR count). The van der Waals surface area contributed by atoms with Gasteiger partial charge in [0.05, 0.1) is 15.7 Å². The summed E-state index contributed by atoms with van der Waals surface area (Å²) in [6, 6.07) is 2.89. The van der Waals surface area contributed by atoms with Gasteiger partial charge in [-0.1, -0.05) is 61.0 Å². The highest BCUT2D eigenvalue weighted by Gasteiger charge is 2.29. The highest BCUT2D eigenvalue weighted by molar-refractivity contribution is 6.42. The SMILES string of the molecule is CCCCCCc1cc(Cl)c(OC(C)=O)c(C(=O)c2cc(Cl)c(Cl)[nH]2)c1OC(C)=O. The third-order valence-corrected chi connectivity index (χ3v) is 5.23. The minimum atomic E-state index is -0.682. The maximum absolute atomic E-state index is 13.3. The summed E-state index contributed by atoms with van der Waals surface area (Å²) in [5, 5.41) is 0.272. The molecule has 0 unspecified atom stereocenters. The third-order valence-electron chi connectivity index (χ3n) is 4.25. The number of esters is 2. The lowest BCUT2D eigenvalue weighted by Crippen LogP contribution is -2.15. The fourth-order valence-electron chi connectivity index (χ4n) is 2.97. The number of carbonyl (C=O) groups excluding carboxylic acids is 3. The van der Waals surface area contributed by atoms with Crippen LogP contribution in [0.4, 0.5) is 0 Å². The van der Waals surface area contributed by atoms with E-state index in [2.05, 4.69) is 11.9 Å². The third kappa shape index (κ3) is 6.00. The van der Waals surface area contributed by atoms with E-state index >= 15 is 0 Å². The first kappa shape index (κ1) is 24.3. The molecule has 1 aromatic carbocycles. The minimum Gasteiger partial charge on any atom is -0.425 e. The maximum atomic E-state index is 13.3.